The van der Waals surface area contributed by atoms with E-state index >= 15 is 0 Å². The summed E-state index contributed by atoms with van der Waals surface area (Å²) < 4.78 is 23.2. The molecule has 0 atom stereocenters. The summed E-state index contributed by atoms with van der Waals surface area (Å²) in [7, 11) is 1.44. The Balaban J connectivity index is 2.11. The fraction of sp³-hybridized carbons (Fsp3) is 0.154. The standard InChI is InChI=1S/C13H12FN3O3/c1-19-10-3-2-9(14)6-8(10)7-20-13(18)11-12(15)17-5-4-16-11/h2-6H,7H2,1H3,(H2,15,17). The number of hydrogen-bond donors (Lipinski definition) is 1. The van der Waals surface area contributed by atoms with E-state index in [1.165, 1.54) is 37.7 Å². The number of rotatable bonds is 4. The fourth-order valence-corrected chi connectivity index (χ4v) is 1.58. The summed E-state index contributed by atoms with van der Waals surface area (Å²) in [5, 5.41) is 0. The van der Waals surface area contributed by atoms with Gasteiger partial charge in [-0.1, -0.05) is 0 Å². The van der Waals surface area contributed by atoms with Crippen LogP contribution in [0, 0.1) is 5.82 Å². The van der Waals surface area contributed by atoms with E-state index in [1.807, 2.05) is 0 Å². The Bertz CT molecular complexity index is 634. The second-order valence-electron chi connectivity index (χ2n) is 3.82. The fourth-order valence-electron chi connectivity index (χ4n) is 1.58. The van der Waals surface area contributed by atoms with Gasteiger partial charge < -0.3 is 15.2 Å². The van der Waals surface area contributed by atoms with Crippen LogP contribution in [-0.4, -0.2) is 23.0 Å². The van der Waals surface area contributed by atoms with Crippen molar-refractivity contribution in [1.82, 2.24) is 9.97 Å². The number of carbonyl (C=O) groups is 1. The van der Waals surface area contributed by atoms with Crippen molar-refractivity contribution in [2.45, 2.75) is 6.61 Å². The summed E-state index contributed by atoms with van der Waals surface area (Å²) in [5.74, 6) is -0.784. The van der Waals surface area contributed by atoms with Crippen LogP contribution >= 0.6 is 0 Å². The molecule has 2 N–H and O–H groups in total. The van der Waals surface area contributed by atoms with Gasteiger partial charge in [-0.15, -0.1) is 0 Å². The number of aromatic nitrogens is 2. The summed E-state index contributed by atoms with van der Waals surface area (Å²) >= 11 is 0. The predicted octanol–water partition coefficient (Wildman–Crippen LogP) is 1.56. The van der Waals surface area contributed by atoms with Crippen LogP contribution in [0.2, 0.25) is 0 Å². The number of esters is 1. The highest BCUT2D eigenvalue weighted by Crippen LogP contribution is 2.20. The van der Waals surface area contributed by atoms with Crippen LogP contribution in [0.15, 0.2) is 30.6 Å². The number of methoxy groups -OCH3 is 1. The number of hydrogen-bond acceptors (Lipinski definition) is 6. The van der Waals surface area contributed by atoms with E-state index in [0.29, 0.717) is 11.3 Å². The van der Waals surface area contributed by atoms with Crippen molar-refractivity contribution in [1.29, 1.82) is 0 Å². The average molecular weight is 277 g/mol. The molecule has 104 valence electrons. The maximum atomic E-state index is 13.2. The van der Waals surface area contributed by atoms with Crippen LogP contribution < -0.4 is 10.5 Å². The van der Waals surface area contributed by atoms with Gasteiger partial charge in [0.1, 0.15) is 18.2 Å². The van der Waals surface area contributed by atoms with E-state index in [9.17, 15) is 9.18 Å². The number of anilines is 1. The van der Waals surface area contributed by atoms with Crippen LogP contribution in [0.4, 0.5) is 10.2 Å². The minimum atomic E-state index is -0.734. The van der Waals surface area contributed by atoms with Crippen LogP contribution in [-0.2, 0) is 11.3 Å². The molecule has 0 amide bonds. The number of nitrogens with two attached hydrogens (primary N) is 1. The molecule has 0 aliphatic carbocycles. The van der Waals surface area contributed by atoms with Crippen molar-refractivity contribution in [3.05, 3.63) is 47.7 Å². The smallest absolute Gasteiger partial charge is 0.361 e. The van der Waals surface area contributed by atoms with Crippen LogP contribution in [0.25, 0.3) is 0 Å². The molecule has 0 radical (unpaired) electrons. The summed E-state index contributed by atoms with van der Waals surface area (Å²) in [6.45, 7) is -0.157. The van der Waals surface area contributed by atoms with Gasteiger partial charge in [-0.3, -0.25) is 0 Å². The predicted molar refractivity (Wildman–Crippen MR) is 68.5 cm³/mol. The number of benzene rings is 1. The van der Waals surface area contributed by atoms with Crippen molar-refractivity contribution in [2.75, 3.05) is 12.8 Å². The molecule has 0 aliphatic rings. The number of nitrogens with zero attached hydrogens (tertiary/aromatic N) is 2. The Hall–Kier alpha value is -2.70. The number of carbonyl (C=O) groups excluding carboxylic acids is 1. The summed E-state index contributed by atoms with van der Waals surface area (Å²) in [6.07, 6.45) is 2.69. The molecule has 1 aromatic carbocycles. The second kappa shape index (κ2) is 5.96. The molecule has 1 aromatic heterocycles. The summed E-state index contributed by atoms with van der Waals surface area (Å²) in [4.78, 5) is 19.3. The quantitative estimate of drug-likeness (QED) is 0.853. The molecular weight excluding hydrogens is 265 g/mol. The maximum absolute atomic E-state index is 13.2. The lowest BCUT2D eigenvalue weighted by molar-refractivity contribution is 0.0463. The minimum Gasteiger partial charge on any atom is -0.496 e. The third kappa shape index (κ3) is 3.00. The maximum Gasteiger partial charge on any atom is 0.361 e. The minimum absolute atomic E-state index is 0.0243. The first-order valence-electron chi connectivity index (χ1n) is 5.68. The van der Waals surface area contributed by atoms with Crippen LogP contribution in [0.5, 0.6) is 5.75 Å². The molecule has 0 unspecified atom stereocenters. The Morgan fingerprint density at radius 1 is 1.35 bits per heavy atom. The van der Waals surface area contributed by atoms with E-state index < -0.39 is 11.8 Å². The van der Waals surface area contributed by atoms with Gasteiger partial charge in [-0.25, -0.2) is 19.2 Å². The van der Waals surface area contributed by atoms with Gasteiger partial charge in [0.2, 0.25) is 0 Å². The van der Waals surface area contributed by atoms with Crippen molar-refractivity contribution < 1.29 is 18.7 Å². The number of ether oxygens (including phenoxy) is 2. The van der Waals surface area contributed by atoms with E-state index in [4.69, 9.17) is 15.2 Å². The second-order valence-corrected chi connectivity index (χ2v) is 3.82. The molecule has 0 aliphatic heterocycles. The Kier molecular flexibility index (Phi) is 4.09. The third-order valence-electron chi connectivity index (χ3n) is 2.52. The van der Waals surface area contributed by atoms with Gasteiger partial charge in [0.15, 0.2) is 11.5 Å². The van der Waals surface area contributed by atoms with E-state index in [1.54, 1.807) is 0 Å². The Morgan fingerprint density at radius 2 is 2.10 bits per heavy atom. The highest BCUT2D eigenvalue weighted by Gasteiger charge is 2.15. The molecule has 0 fully saturated rings. The molecule has 20 heavy (non-hydrogen) atoms. The molecule has 0 saturated carbocycles. The van der Waals surface area contributed by atoms with Gasteiger partial charge in [-0.05, 0) is 18.2 Å². The molecule has 7 heteroatoms. The van der Waals surface area contributed by atoms with E-state index in [2.05, 4.69) is 9.97 Å². The Morgan fingerprint density at radius 3 is 2.80 bits per heavy atom. The molecule has 2 aromatic rings. The van der Waals surface area contributed by atoms with Gasteiger partial charge in [-0.2, -0.15) is 0 Å². The summed E-state index contributed by atoms with van der Waals surface area (Å²) in [6, 6.07) is 3.94. The molecule has 1 heterocycles. The SMILES string of the molecule is COc1ccc(F)cc1COC(=O)c1nccnc1N. The van der Waals surface area contributed by atoms with E-state index in [0.717, 1.165) is 0 Å². The highest BCUT2D eigenvalue weighted by molar-refractivity contribution is 5.91. The lowest BCUT2D eigenvalue weighted by Gasteiger charge is -2.09. The molecular formula is C13H12FN3O3. The van der Waals surface area contributed by atoms with Crippen molar-refractivity contribution >= 4 is 11.8 Å². The highest BCUT2D eigenvalue weighted by atomic mass is 19.1. The first kappa shape index (κ1) is 13.7. The topological polar surface area (TPSA) is 87.3 Å². The molecule has 0 saturated heterocycles. The largest absolute Gasteiger partial charge is 0.496 e. The number of nitrogen functional groups attached to an aromatic ring is 1. The zero-order chi connectivity index (χ0) is 14.5. The molecule has 6 nitrogen and oxygen atoms in total. The average Bonchev–Trinajstić information content (AvgIpc) is 2.45. The Labute approximate surface area is 114 Å². The molecule has 0 spiro atoms. The van der Waals surface area contributed by atoms with Crippen molar-refractivity contribution in [3.8, 4) is 5.75 Å². The van der Waals surface area contributed by atoms with Gasteiger partial charge in [0.05, 0.1) is 7.11 Å². The number of halogens is 1. The zero-order valence-corrected chi connectivity index (χ0v) is 10.7. The van der Waals surface area contributed by atoms with Gasteiger partial charge >= 0.3 is 5.97 Å². The first-order valence-corrected chi connectivity index (χ1v) is 5.68. The lowest BCUT2D eigenvalue weighted by atomic mass is 10.2. The van der Waals surface area contributed by atoms with Gasteiger partial charge in [0.25, 0.3) is 0 Å². The lowest BCUT2D eigenvalue weighted by Crippen LogP contribution is -2.11. The normalized spacial score (nSPS) is 10.1. The van der Waals surface area contributed by atoms with Crippen molar-refractivity contribution in [3.63, 3.8) is 0 Å². The molecule has 0 bridgehead atoms. The first-order chi connectivity index (χ1) is 9.61. The molecule has 2 rings (SSSR count). The van der Waals surface area contributed by atoms with Crippen LogP contribution in [0.1, 0.15) is 16.1 Å². The van der Waals surface area contributed by atoms with Crippen molar-refractivity contribution in [2.24, 2.45) is 0 Å². The van der Waals surface area contributed by atoms with E-state index in [-0.39, 0.29) is 18.1 Å². The monoisotopic (exact) mass is 277 g/mol. The summed E-state index contributed by atoms with van der Waals surface area (Å²) in [5.41, 5.74) is 5.84. The van der Waals surface area contributed by atoms with Gasteiger partial charge in [0, 0.05) is 18.0 Å². The zero-order valence-electron chi connectivity index (χ0n) is 10.7. The van der Waals surface area contributed by atoms with Crippen LogP contribution in [0.3, 0.4) is 0 Å². The third-order valence-corrected chi connectivity index (χ3v) is 2.52.